The van der Waals surface area contributed by atoms with Crippen molar-refractivity contribution in [1.29, 1.82) is 0 Å². The number of para-hydroxylation sites is 2. The summed E-state index contributed by atoms with van der Waals surface area (Å²) < 4.78 is 0. The summed E-state index contributed by atoms with van der Waals surface area (Å²) in [5.74, 6) is 2.00. The molecule has 0 saturated carbocycles. The highest BCUT2D eigenvalue weighted by Crippen LogP contribution is 2.61. The average molecular weight is 835 g/mol. The van der Waals surface area contributed by atoms with E-state index in [-0.39, 0.29) is 0 Å². The summed E-state index contributed by atoms with van der Waals surface area (Å²) in [4.78, 5) is 18.0. The Hall–Kier alpha value is -7.95. The lowest BCUT2D eigenvalue weighted by Crippen LogP contribution is -2.39. The molecule has 2 aliphatic rings. The maximum Gasteiger partial charge on any atom is 0.164 e. The maximum atomic E-state index is 5.23. The molecular formula is C61H46N4. The van der Waals surface area contributed by atoms with Gasteiger partial charge in [-0.25, -0.2) is 15.0 Å². The highest BCUT2D eigenvalue weighted by Gasteiger charge is 2.49. The lowest BCUT2D eigenvalue weighted by Gasteiger charge is -2.48. The lowest BCUT2D eigenvalue weighted by molar-refractivity contribution is 0.724. The molecule has 1 aromatic heterocycles. The Morgan fingerprint density at radius 2 is 0.923 bits per heavy atom. The second kappa shape index (κ2) is 15.1. The molecule has 310 valence electrons. The molecule has 0 bridgehead atoms. The Labute approximate surface area is 380 Å². The molecule has 65 heavy (non-hydrogen) atoms. The van der Waals surface area contributed by atoms with Gasteiger partial charge in [0.25, 0.3) is 0 Å². The van der Waals surface area contributed by atoms with Crippen molar-refractivity contribution in [3.05, 3.63) is 250 Å². The molecule has 12 rings (SSSR count). The van der Waals surface area contributed by atoms with E-state index >= 15 is 0 Å². The predicted octanol–water partition coefficient (Wildman–Crippen LogP) is 15.0. The van der Waals surface area contributed by atoms with Gasteiger partial charge in [0, 0.05) is 16.7 Å². The van der Waals surface area contributed by atoms with Gasteiger partial charge in [-0.15, -0.1) is 0 Å². The van der Waals surface area contributed by atoms with E-state index in [2.05, 4.69) is 190 Å². The number of hydrogen-bond donors (Lipinski definition) is 0. The van der Waals surface area contributed by atoms with Crippen LogP contribution in [0.2, 0.25) is 0 Å². The van der Waals surface area contributed by atoms with Crippen LogP contribution in [-0.2, 0) is 11.8 Å². The van der Waals surface area contributed by atoms with Crippen LogP contribution in [0.25, 0.3) is 56.1 Å². The van der Waals surface area contributed by atoms with Crippen LogP contribution < -0.4 is 4.90 Å². The first-order chi connectivity index (χ1) is 31.9. The van der Waals surface area contributed by atoms with Crippen LogP contribution in [0, 0.1) is 27.7 Å². The van der Waals surface area contributed by atoms with Crippen LogP contribution in [0.5, 0.6) is 0 Å². The molecule has 4 nitrogen and oxygen atoms in total. The summed E-state index contributed by atoms with van der Waals surface area (Å²) in [5, 5.41) is 2.56. The van der Waals surface area contributed by atoms with E-state index in [0.29, 0.717) is 17.5 Å². The standard InChI is InChI=1S/C61H46N4/c1-38-40(3)57(41(4)39(2)55(38)60-63-58(42-22-8-5-9-23-42)62-59(64-60)43-24-10-6-11-25-43)65-53-34-20-18-32-50(53)61(46-28-12-7-13-29-46,51-33-19-21-35-54(51)65)52-37-45-27-15-17-31-48(45)56-47-30-16-14-26-44(47)36-49(52)56/h5-35,37H,36H2,1-4H3. The maximum absolute atomic E-state index is 5.23. The number of hydrogen-bond acceptors (Lipinski definition) is 4. The van der Waals surface area contributed by atoms with Crippen molar-refractivity contribution in [1.82, 2.24) is 15.0 Å². The first kappa shape index (κ1) is 38.7. The molecule has 0 N–H and O–H groups in total. The molecule has 0 radical (unpaired) electrons. The highest BCUT2D eigenvalue weighted by molar-refractivity contribution is 6.04. The Morgan fingerprint density at radius 1 is 0.431 bits per heavy atom. The monoisotopic (exact) mass is 834 g/mol. The molecule has 9 aromatic carbocycles. The van der Waals surface area contributed by atoms with E-state index in [1.165, 1.54) is 83.5 Å². The quantitative estimate of drug-likeness (QED) is 0.167. The lowest BCUT2D eigenvalue weighted by atomic mass is 9.60. The summed E-state index contributed by atoms with van der Waals surface area (Å²) in [5.41, 5.74) is 21.1. The molecule has 4 heteroatoms. The summed E-state index contributed by atoms with van der Waals surface area (Å²) in [6.45, 7) is 9.02. The van der Waals surface area contributed by atoms with E-state index in [4.69, 9.17) is 15.0 Å². The molecule has 0 amide bonds. The molecule has 0 fully saturated rings. The largest absolute Gasteiger partial charge is 0.309 e. The fourth-order valence-electron chi connectivity index (χ4n) is 11.1. The number of nitrogens with zero attached hydrogens (tertiary/aromatic N) is 4. The van der Waals surface area contributed by atoms with Gasteiger partial charge in [-0.05, 0) is 130 Å². The van der Waals surface area contributed by atoms with Gasteiger partial charge in [0.05, 0.1) is 22.5 Å². The third-order valence-electron chi connectivity index (χ3n) is 14.3. The van der Waals surface area contributed by atoms with Gasteiger partial charge in [-0.2, -0.15) is 0 Å². The summed E-state index contributed by atoms with van der Waals surface area (Å²) in [6, 6.07) is 70.5. The molecule has 0 saturated heterocycles. The zero-order valence-corrected chi connectivity index (χ0v) is 37.0. The van der Waals surface area contributed by atoms with Crippen LogP contribution in [0.4, 0.5) is 17.1 Å². The fourth-order valence-corrected chi connectivity index (χ4v) is 11.1. The minimum absolute atomic E-state index is 0.639. The first-order valence-electron chi connectivity index (χ1n) is 22.6. The third-order valence-corrected chi connectivity index (χ3v) is 14.3. The fraction of sp³-hybridized carbons (Fsp3) is 0.0984. The van der Waals surface area contributed by atoms with Crippen molar-refractivity contribution in [3.8, 4) is 45.3 Å². The SMILES string of the molecule is Cc1c(C)c(N2c3ccccc3C(c3ccccc3)(c3cc4ccccc4c4c3Cc3ccccc3-4)c3ccccc32)c(C)c(C)c1-c1nc(-c2ccccc2)nc(-c2ccccc2)n1. The Balaban J connectivity index is 1.12. The minimum atomic E-state index is -0.639. The van der Waals surface area contributed by atoms with Crippen LogP contribution in [0.15, 0.2) is 194 Å². The van der Waals surface area contributed by atoms with Crippen molar-refractivity contribution in [2.24, 2.45) is 0 Å². The minimum Gasteiger partial charge on any atom is -0.309 e. The molecule has 2 heterocycles. The van der Waals surface area contributed by atoms with Crippen LogP contribution in [0.3, 0.4) is 0 Å². The predicted molar refractivity (Wildman–Crippen MR) is 267 cm³/mol. The normalized spacial score (nSPS) is 13.3. The van der Waals surface area contributed by atoms with Gasteiger partial charge >= 0.3 is 0 Å². The number of benzene rings is 9. The number of anilines is 3. The van der Waals surface area contributed by atoms with Crippen molar-refractivity contribution in [2.45, 2.75) is 39.5 Å². The Morgan fingerprint density at radius 3 is 1.54 bits per heavy atom. The second-order valence-electron chi connectivity index (χ2n) is 17.6. The smallest absolute Gasteiger partial charge is 0.164 e. The zero-order chi connectivity index (χ0) is 43.8. The molecule has 1 aliphatic carbocycles. The van der Waals surface area contributed by atoms with Crippen molar-refractivity contribution >= 4 is 27.8 Å². The number of aromatic nitrogens is 3. The van der Waals surface area contributed by atoms with Crippen molar-refractivity contribution in [2.75, 3.05) is 4.90 Å². The number of fused-ring (bicyclic) bond motifs is 7. The third kappa shape index (κ3) is 5.80. The highest BCUT2D eigenvalue weighted by atomic mass is 15.2. The molecular weight excluding hydrogens is 789 g/mol. The van der Waals surface area contributed by atoms with Crippen LogP contribution in [0.1, 0.15) is 55.6 Å². The Bertz CT molecular complexity index is 3370. The first-order valence-corrected chi connectivity index (χ1v) is 22.6. The molecule has 1 aliphatic heterocycles. The van der Waals surface area contributed by atoms with E-state index in [0.717, 1.165) is 34.2 Å². The van der Waals surface area contributed by atoms with Gasteiger partial charge in [0.15, 0.2) is 17.5 Å². The second-order valence-corrected chi connectivity index (χ2v) is 17.6. The summed E-state index contributed by atoms with van der Waals surface area (Å²) >= 11 is 0. The van der Waals surface area contributed by atoms with E-state index in [1.807, 2.05) is 36.4 Å². The molecule has 0 atom stereocenters. The van der Waals surface area contributed by atoms with Crippen molar-refractivity contribution < 1.29 is 0 Å². The van der Waals surface area contributed by atoms with Crippen LogP contribution in [-0.4, -0.2) is 15.0 Å². The Kier molecular flexibility index (Phi) is 8.99. The van der Waals surface area contributed by atoms with E-state index < -0.39 is 5.41 Å². The zero-order valence-electron chi connectivity index (χ0n) is 37.0. The van der Waals surface area contributed by atoms with Gasteiger partial charge in [-0.1, -0.05) is 176 Å². The summed E-state index contributed by atoms with van der Waals surface area (Å²) in [6.07, 6.45) is 0.876. The molecule has 10 aromatic rings. The summed E-state index contributed by atoms with van der Waals surface area (Å²) in [7, 11) is 0. The van der Waals surface area contributed by atoms with Gasteiger partial charge in [-0.3, -0.25) is 0 Å². The van der Waals surface area contributed by atoms with Crippen molar-refractivity contribution in [3.63, 3.8) is 0 Å². The van der Waals surface area contributed by atoms with Gasteiger partial charge in [0.1, 0.15) is 0 Å². The molecule has 0 unspecified atom stereocenters. The van der Waals surface area contributed by atoms with Gasteiger partial charge in [0.2, 0.25) is 0 Å². The van der Waals surface area contributed by atoms with E-state index in [1.54, 1.807) is 0 Å². The van der Waals surface area contributed by atoms with Gasteiger partial charge < -0.3 is 4.90 Å². The molecule has 0 spiro atoms. The van der Waals surface area contributed by atoms with Crippen LogP contribution >= 0.6 is 0 Å². The number of rotatable bonds is 6. The van der Waals surface area contributed by atoms with E-state index in [9.17, 15) is 0 Å². The average Bonchev–Trinajstić information content (AvgIpc) is 3.76. The topological polar surface area (TPSA) is 41.9 Å².